The van der Waals surface area contributed by atoms with Gasteiger partial charge in [0.05, 0.1) is 24.0 Å². The van der Waals surface area contributed by atoms with Crippen molar-refractivity contribution in [3.63, 3.8) is 0 Å². The third kappa shape index (κ3) is 3.37. The molecule has 0 saturated heterocycles. The fourth-order valence-electron chi connectivity index (χ4n) is 1.59. The van der Waals surface area contributed by atoms with Crippen molar-refractivity contribution in [1.29, 1.82) is 0 Å². The van der Waals surface area contributed by atoms with Crippen LogP contribution in [-0.2, 0) is 22.6 Å². The fraction of sp³-hybridized carbons (Fsp3) is 0.167. The molecule has 1 heterocycles. The SMILES string of the molecule is O=C(O)Cc1cnnn1CC(=O)Nc1ccccc1F. The predicted octanol–water partition coefficient (Wildman–Crippen LogP) is 0.683. The third-order valence-corrected chi connectivity index (χ3v) is 2.47. The van der Waals surface area contributed by atoms with Crippen LogP contribution in [-0.4, -0.2) is 32.0 Å². The Balaban J connectivity index is 2.04. The maximum absolute atomic E-state index is 13.4. The second-order valence-electron chi connectivity index (χ2n) is 3.98. The molecule has 1 aromatic heterocycles. The number of carboxylic acids is 1. The van der Waals surface area contributed by atoms with E-state index in [-0.39, 0.29) is 18.7 Å². The van der Waals surface area contributed by atoms with Gasteiger partial charge < -0.3 is 10.4 Å². The second kappa shape index (κ2) is 5.91. The Morgan fingerprint density at radius 1 is 1.35 bits per heavy atom. The number of aliphatic carboxylic acids is 1. The van der Waals surface area contributed by atoms with Crippen molar-refractivity contribution >= 4 is 17.6 Å². The van der Waals surface area contributed by atoms with Gasteiger partial charge in [-0.05, 0) is 12.1 Å². The van der Waals surface area contributed by atoms with Gasteiger partial charge in [0, 0.05) is 0 Å². The van der Waals surface area contributed by atoms with E-state index in [0.717, 1.165) is 4.68 Å². The Morgan fingerprint density at radius 2 is 2.10 bits per heavy atom. The Bertz CT molecular complexity index is 641. The van der Waals surface area contributed by atoms with Crippen molar-refractivity contribution in [3.8, 4) is 0 Å². The quantitative estimate of drug-likeness (QED) is 0.838. The molecule has 0 bridgehead atoms. The Kier molecular flexibility index (Phi) is 4.04. The topological polar surface area (TPSA) is 97.1 Å². The zero-order valence-electron chi connectivity index (χ0n) is 10.3. The second-order valence-corrected chi connectivity index (χ2v) is 3.98. The highest BCUT2D eigenvalue weighted by Crippen LogP contribution is 2.12. The van der Waals surface area contributed by atoms with Crippen molar-refractivity contribution in [2.24, 2.45) is 0 Å². The molecule has 2 rings (SSSR count). The van der Waals surface area contributed by atoms with E-state index in [9.17, 15) is 14.0 Å². The lowest BCUT2D eigenvalue weighted by molar-refractivity contribution is -0.136. The van der Waals surface area contributed by atoms with E-state index < -0.39 is 17.7 Å². The monoisotopic (exact) mass is 278 g/mol. The number of benzene rings is 1. The Hall–Kier alpha value is -2.77. The summed E-state index contributed by atoms with van der Waals surface area (Å²) in [5.41, 5.74) is 0.346. The van der Waals surface area contributed by atoms with Gasteiger partial charge in [0.15, 0.2) is 0 Å². The zero-order chi connectivity index (χ0) is 14.5. The number of halogens is 1. The minimum Gasteiger partial charge on any atom is -0.481 e. The zero-order valence-corrected chi connectivity index (χ0v) is 10.3. The molecule has 0 atom stereocenters. The highest BCUT2D eigenvalue weighted by Gasteiger charge is 2.12. The van der Waals surface area contributed by atoms with Crippen molar-refractivity contribution in [2.45, 2.75) is 13.0 Å². The molecular weight excluding hydrogens is 267 g/mol. The van der Waals surface area contributed by atoms with Crippen LogP contribution in [0.5, 0.6) is 0 Å². The molecular formula is C12H11FN4O3. The summed E-state index contributed by atoms with van der Waals surface area (Å²) in [5, 5.41) is 18.2. The predicted molar refractivity (Wildman–Crippen MR) is 66.4 cm³/mol. The van der Waals surface area contributed by atoms with Crippen LogP contribution in [0.15, 0.2) is 30.5 Å². The minimum atomic E-state index is -1.05. The number of hydrogen-bond acceptors (Lipinski definition) is 4. The summed E-state index contributed by atoms with van der Waals surface area (Å²) < 4.78 is 14.5. The molecule has 0 radical (unpaired) electrons. The molecule has 2 N–H and O–H groups in total. The Morgan fingerprint density at radius 3 is 2.80 bits per heavy atom. The highest BCUT2D eigenvalue weighted by molar-refractivity contribution is 5.90. The maximum atomic E-state index is 13.4. The van der Waals surface area contributed by atoms with Crippen LogP contribution in [0.2, 0.25) is 0 Å². The lowest BCUT2D eigenvalue weighted by atomic mass is 10.3. The molecule has 0 saturated carbocycles. The van der Waals surface area contributed by atoms with Crippen molar-refractivity contribution in [2.75, 3.05) is 5.32 Å². The summed E-state index contributed by atoms with van der Waals surface area (Å²) in [6.45, 7) is -0.239. The van der Waals surface area contributed by atoms with Crippen molar-refractivity contribution < 1.29 is 19.1 Å². The van der Waals surface area contributed by atoms with Crippen LogP contribution in [0.4, 0.5) is 10.1 Å². The highest BCUT2D eigenvalue weighted by atomic mass is 19.1. The molecule has 0 aliphatic heterocycles. The number of carbonyl (C=O) groups excluding carboxylic acids is 1. The number of nitrogens with one attached hydrogen (secondary N) is 1. The molecule has 0 fully saturated rings. The summed E-state index contributed by atoms with van der Waals surface area (Å²) >= 11 is 0. The van der Waals surface area contributed by atoms with Crippen LogP contribution in [0, 0.1) is 5.82 Å². The molecule has 1 aromatic carbocycles. The molecule has 104 valence electrons. The summed E-state index contributed by atoms with van der Waals surface area (Å²) in [7, 11) is 0. The summed E-state index contributed by atoms with van der Waals surface area (Å²) in [4.78, 5) is 22.4. The van der Waals surface area contributed by atoms with E-state index in [4.69, 9.17) is 5.11 Å². The number of anilines is 1. The van der Waals surface area contributed by atoms with E-state index in [0.29, 0.717) is 5.69 Å². The van der Waals surface area contributed by atoms with Gasteiger partial charge in [-0.2, -0.15) is 0 Å². The summed E-state index contributed by atoms with van der Waals surface area (Å²) in [6.07, 6.45) is 0.977. The van der Waals surface area contributed by atoms with Crippen molar-refractivity contribution in [3.05, 3.63) is 42.0 Å². The van der Waals surface area contributed by atoms with Gasteiger partial charge in [0.2, 0.25) is 5.91 Å². The molecule has 7 nitrogen and oxygen atoms in total. The molecule has 20 heavy (non-hydrogen) atoms. The average molecular weight is 278 g/mol. The van der Waals surface area contributed by atoms with E-state index in [2.05, 4.69) is 15.6 Å². The summed E-state index contributed by atoms with van der Waals surface area (Å²) in [5.74, 6) is -2.12. The molecule has 0 unspecified atom stereocenters. The van der Waals surface area contributed by atoms with Crippen LogP contribution >= 0.6 is 0 Å². The smallest absolute Gasteiger partial charge is 0.309 e. The fourth-order valence-corrected chi connectivity index (χ4v) is 1.59. The molecule has 1 amide bonds. The van der Waals surface area contributed by atoms with Gasteiger partial charge in [-0.1, -0.05) is 17.3 Å². The first kappa shape index (κ1) is 13.7. The maximum Gasteiger partial charge on any atom is 0.309 e. The molecule has 8 heteroatoms. The van der Waals surface area contributed by atoms with E-state index >= 15 is 0 Å². The number of aromatic nitrogens is 3. The number of amides is 1. The number of carbonyl (C=O) groups is 2. The van der Waals surface area contributed by atoms with Crippen LogP contribution in [0.25, 0.3) is 0 Å². The van der Waals surface area contributed by atoms with E-state index in [1.54, 1.807) is 6.07 Å². The van der Waals surface area contributed by atoms with E-state index in [1.807, 2.05) is 0 Å². The lowest BCUT2D eigenvalue weighted by Crippen LogP contribution is -2.22. The molecule has 0 spiro atoms. The average Bonchev–Trinajstić information content (AvgIpc) is 2.78. The van der Waals surface area contributed by atoms with E-state index in [1.165, 1.54) is 24.4 Å². The van der Waals surface area contributed by atoms with Gasteiger partial charge in [0.25, 0.3) is 0 Å². The minimum absolute atomic E-state index is 0.0531. The van der Waals surface area contributed by atoms with Crippen LogP contribution in [0.3, 0.4) is 0 Å². The molecule has 2 aromatic rings. The van der Waals surface area contributed by atoms with Crippen LogP contribution in [0.1, 0.15) is 5.69 Å². The number of rotatable bonds is 5. The molecule has 0 aliphatic rings. The van der Waals surface area contributed by atoms with Gasteiger partial charge in [-0.25, -0.2) is 9.07 Å². The number of carboxylic acid groups (broad SMARTS) is 1. The first-order valence-corrected chi connectivity index (χ1v) is 5.70. The standard InChI is InChI=1S/C12H11FN4O3/c13-9-3-1-2-4-10(9)15-11(18)7-17-8(5-12(19)20)6-14-16-17/h1-4,6H,5,7H2,(H,15,18)(H,19,20). The number of nitrogens with zero attached hydrogens (tertiary/aromatic N) is 3. The number of hydrogen-bond donors (Lipinski definition) is 2. The Labute approximate surface area is 113 Å². The molecule has 0 aliphatic carbocycles. The van der Waals surface area contributed by atoms with Gasteiger partial charge in [-0.3, -0.25) is 9.59 Å². The normalized spacial score (nSPS) is 10.2. The van der Waals surface area contributed by atoms with Gasteiger partial charge in [0.1, 0.15) is 12.4 Å². The summed E-state index contributed by atoms with van der Waals surface area (Å²) in [6, 6.07) is 5.74. The lowest BCUT2D eigenvalue weighted by Gasteiger charge is -2.07. The van der Waals surface area contributed by atoms with Crippen LogP contribution < -0.4 is 5.32 Å². The first-order valence-electron chi connectivity index (χ1n) is 5.70. The third-order valence-electron chi connectivity index (χ3n) is 2.47. The van der Waals surface area contributed by atoms with Crippen molar-refractivity contribution in [1.82, 2.24) is 15.0 Å². The first-order chi connectivity index (χ1) is 9.56. The van der Waals surface area contributed by atoms with Gasteiger partial charge >= 0.3 is 5.97 Å². The number of para-hydroxylation sites is 1. The van der Waals surface area contributed by atoms with Gasteiger partial charge in [-0.15, -0.1) is 5.10 Å². The largest absolute Gasteiger partial charge is 0.481 e.